The number of furan rings is 1. The molecule has 7 nitrogen and oxygen atoms in total. The summed E-state index contributed by atoms with van der Waals surface area (Å²) in [6.45, 7) is 1.87. The summed E-state index contributed by atoms with van der Waals surface area (Å²) in [5.41, 5.74) is 0.356. The molecule has 1 aliphatic heterocycles. The first-order chi connectivity index (χ1) is 17.0. The van der Waals surface area contributed by atoms with E-state index in [1.165, 1.54) is 0 Å². The lowest BCUT2D eigenvalue weighted by atomic mass is 9.88. The highest BCUT2D eigenvalue weighted by Gasteiger charge is 2.50. The van der Waals surface area contributed by atoms with Crippen molar-refractivity contribution in [2.24, 2.45) is 0 Å². The van der Waals surface area contributed by atoms with Gasteiger partial charge < -0.3 is 14.6 Å². The Balaban J connectivity index is 1.40. The Labute approximate surface area is 202 Å². The van der Waals surface area contributed by atoms with Crippen LogP contribution in [0.2, 0.25) is 0 Å². The van der Waals surface area contributed by atoms with Crippen LogP contribution in [0, 0.1) is 0 Å². The van der Waals surface area contributed by atoms with Gasteiger partial charge in [-0.25, -0.2) is 4.79 Å². The lowest BCUT2D eigenvalue weighted by Crippen LogP contribution is -2.44. The molecule has 0 bridgehead atoms. The van der Waals surface area contributed by atoms with E-state index >= 15 is 0 Å². The van der Waals surface area contributed by atoms with E-state index in [4.69, 9.17) is 4.42 Å². The number of fused-ring (bicyclic) bond motifs is 1. The van der Waals surface area contributed by atoms with Crippen LogP contribution in [0.1, 0.15) is 23.8 Å². The third-order valence-electron chi connectivity index (χ3n) is 6.39. The zero-order valence-corrected chi connectivity index (χ0v) is 19.3. The summed E-state index contributed by atoms with van der Waals surface area (Å²) in [4.78, 5) is 42.5. The first kappa shape index (κ1) is 22.4. The van der Waals surface area contributed by atoms with Crippen molar-refractivity contribution in [3.8, 4) is 0 Å². The maximum Gasteiger partial charge on any atom is 0.325 e. The molecule has 0 saturated carbocycles. The number of nitrogens with one attached hydrogen (secondary N) is 1. The molecule has 0 spiro atoms. The molecule has 1 fully saturated rings. The Bertz CT molecular complexity index is 1380. The highest BCUT2D eigenvalue weighted by Crippen LogP contribution is 2.33. The maximum absolute atomic E-state index is 13.6. The van der Waals surface area contributed by atoms with Crippen LogP contribution in [0.15, 0.2) is 95.6 Å². The lowest BCUT2D eigenvalue weighted by molar-refractivity contribution is -0.139. The minimum absolute atomic E-state index is 0.227. The maximum atomic E-state index is 13.6. The molecule has 1 unspecified atom stereocenters. The average Bonchev–Trinajstić information content (AvgIpc) is 3.46. The second-order valence-corrected chi connectivity index (χ2v) is 8.79. The zero-order chi connectivity index (χ0) is 24.4. The van der Waals surface area contributed by atoms with Crippen LogP contribution in [-0.2, 0) is 28.2 Å². The monoisotopic (exact) mass is 467 g/mol. The van der Waals surface area contributed by atoms with Gasteiger partial charge in [0.1, 0.15) is 17.8 Å². The number of carbonyl (C=O) groups is 3. The number of rotatable bonds is 7. The highest BCUT2D eigenvalue weighted by molar-refractivity contribution is 6.10. The van der Waals surface area contributed by atoms with Gasteiger partial charge in [0, 0.05) is 6.54 Å². The molecule has 1 aromatic heterocycles. The fourth-order valence-corrected chi connectivity index (χ4v) is 4.55. The van der Waals surface area contributed by atoms with Crippen molar-refractivity contribution < 1.29 is 18.8 Å². The van der Waals surface area contributed by atoms with E-state index in [1.807, 2.05) is 72.8 Å². The van der Waals surface area contributed by atoms with Gasteiger partial charge in [0.25, 0.3) is 5.91 Å². The Morgan fingerprint density at radius 3 is 2.43 bits per heavy atom. The van der Waals surface area contributed by atoms with Crippen molar-refractivity contribution in [1.82, 2.24) is 15.1 Å². The average molecular weight is 468 g/mol. The van der Waals surface area contributed by atoms with Gasteiger partial charge >= 0.3 is 6.03 Å². The second kappa shape index (κ2) is 9.10. The van der Waals surface area contributed by atoms with Crippen LogP contribution in [-0.4, -0.2) is 34.2 Å². The molecular weight excluding hydrogens is 442 g/mol. The number of carbonyl (C=O) groups excluding carboxylic acids is 3. The van der Waals surface area contributed by atoms with E-state index in [-0.39, 0.29) is 19.0 Å². The van der Waals surface area contributed by atoms with Crippen molar-refractivity contribution >= 4 is 28.6 Å². The molecule has 3 aromatic carbocycles. The third-order valence-corrected chi connectivity index (χ3v) is 6.39. The van der Waals surface area contributed by atoms with Crippen molar-refractivity contribution in [3.05, 3.63) is 108 Å². The molecule has 0 radical (unpaired) electrons. The van der Waals surface area contributed by atoms with Gasteiger partial charge in [-0.2, -0.15) is 0 Å². The Morgan fingerprint density at radius 2 is 1.66 bits per heavy atom. The van der Waals surface area contributed by atoms with Gasteiger partial charge in [0.15, 0.2) is 0 Å². The van der Waals surface area contributed by atoms with E-state index in [9.17, 15) is 14.4 Å². The van der Waals surface area contributed by atoms with Crippen LogP contribution in [0.25, 0.3) is 10.8 Å². The molecule has 7 heteroatoms. The Morgan fingerprint density at radius 1 is 0.914 bits per heavy atom. The summed E-state index contributed by atoms with van der Waals surface area (Å²) in [6.07, 6.45) is 1.55. The molecule has 1 saturated heterocycles. The predicted molar refractivity (Wildman–Crippen MR) is 131 cm³/mol. The quantitative estimate of drug-likeness (QED) is 0.408. The molecule has 2 heterocycles. The molecule has 1 atom stereocenters. The van der Waals surface area contributed by atoms with Gasteiger partial charge in [0.05, 0.1) is 12.8 Å². The number of amides is 4. The number of hydrogen-bond donors (Lipinski definition) is 1. The summed E-state index contributed by atoms with van der Waals surface area (Å²) < 4.78 is 5.44. The van der Waals surface area contributed by atoms with Crippen LogP contribution in [0.3, 0.4) is 0 Å². The topological polar surface area (TPSA) is 82.9 Å². The van der Waals surface area contributed by atoms with Crippen LogP contribution < -0.4 is 5.32 Å². The van der Waals surface area contributed by atoms with E-state index < -0.39 is 17.5 Å². The smallest absolute Gasteiger partial charge is 0.325 e. The van der Waals surface area contributed by atoms with Gasteiger partial charge in [-0.15, -0.1) is 0 Å². The molecule has 35 heavy (non-hydrogen) atoms. The third kappa shape index (κ3) is 4.28. The van der Waals surface area contributed by atoms with Crippen molar-refractivity contribution in [2.45, 2.75) is 25.6 Å². The number of benzene rings is 3. The van der Waals surface area contributed by atoms with E-state index in [1.54, 1.807) is 30.2 Å². The van der Waals surface area contributed by atoms with Crippen molar-refractivity contribution in [1.29, 1.82) is 0 Å². The minimum Gasteiger partial charge on any atom is -0.467 e. The predicted octanol–water partition coefficient (Wildman–Crippen LogP) is 4.43. The number of nitrogens with zero attached hydrogens (tertiary/aromatic N) is 2. The van der Waals surface area contributed by atoms with Crippen molar-refractivity contribution in [2.75, 3.05) is 6.54 Å². The number of imide groups is 1. The van der Waals surface area contributed by atoms with E-state index in [2.05, 4.69) is 5.32 Å². The molecule has 4 amide bonds. The molecule has 1 N–H and O–H groups in total. The normalized spacial score (nSPS) is 17.6. The van der Waals surface area contributed by atoms with E-state index in [0.29, 0.717) is 17.9 Å². The molecule has 176 valence electrons. The fraction of sp³-hybridized carbons (Fsp3) is 0.179. The SMILES string of the molecule is CC1(c2cccc3ccccc23)NC(=O)N(CC(=O)N(Cc2ccccc2)Cc2ccco2)C1=O. The summed E-state index contributed by atoms with van der Waals surface area (Å²) in [6, 6.07) is 25.9. The van der Waals surface area contributed by atoms with Crippen LogP contribution in [0.5, 0.6) is 0 Å². The largest absolute Gasteiger partial charge is 0.467 e. The lowest BCUT2D eigenvalue weighted by Gasteiger charge is -2.26. The summed E-state index contributed by atoms with van der Waals surface area (Å²) in [5.74, 6) is -0.187. The fourth-order valence-electron chi connectivity index (χ4n) is 4.55. The minimum atomic E-state index is -1.27. The standard InChI is InChI=1S/C28H25N3O4/c1-28(24-15-7-12-21-11-5-6-14-23(21)24)26(33)31(27(34)29-28)19-25(32)30(18-22-13-8-16-35-22)17-20-9-3-2-4-10-20/h2-16H,17-19H2,1H3,(H,29,34). The first-order valence-electron chi connectivity index (χ1n) is 11.4. The molecular formula is C28H25N3O4. The molecule has 1 aliphatic rings. The Kier molecular flexibility index (Phi) is 5.82. The second-order valence-electron chi connectivity index (χ2n) is 8.79. The van der Waals surface area contributed by atoms with Gasteiger partial charge in [-0.05, 0) is 41.0 Å². The van der Waals surface area contributed by atoms with Crippen LogP contribution in [0.4, 0.5) is 4.79 Å². The molecule has 0 aliphatic carbocycles. The number of hydrogen-bond acceptors (Lipinski definition) is 4. The highest BCUT2D eigenvalue weighted by atomic mass is 16.3. The van der Waals surface area contributed by atoms with Gasteiger partial charge in [-0.3, -0.25) is 14.5 Å². The summed E-state index contributed by atoms with van der Waals surface area (Å²) >= 11 is 0. The molecule has 5 rings (SSSR count). The zero-order valence-electron chi connectivity index (χ0n) is 19.3. The van der Waals surface area contributed by atoms with E-state index in [0.717, 1.165) is 21.2 Å². The van der Waals surface area contributed by atoms with Gasteiger partial charge in [0.2, 0.25) is 5.91 Å². The van der Waals surface area contributed by atoms with Crippen LogP contribution >= 0.6 is 0 Å². The first-order valence-corrected chi connectivity index (χ1v) is 11.4. The van der Waals surface area contributed by atoms with Crippen molar-refractivity contribution in [3.63, 3.8) is 0 Å². The summed E-state index contributed by atoms with van der Waals surface area (Å²) in [5, 5.41) is 4.67. The molecule has 4 aromatic rings. The summed E-state index contributed by atoms with van der Waals surface area (Å²) in [7, 11) is 0. The number of urea groups is 1. The van der Waals surface area contributed by atoms with Gasteiger partial charge in [-0.1, -0.05) is 72.8 Å². The Hall–Kier alpha value is -4.39.